The van der Waals surface area contributed by atoms with Crippen molar-refractivity contribution in [1.29, 1.82) is 0 Å². The minimum atomic E-state index is -2.74. The number of nitrogens with one attached hydrogen (secondary N) is 2. The van der Waals surface area contributed by atoms with Crippen LogP contribution < -0.4 is 25.6 Å². The van der Waals surface area contributed by atoms with Gasteiger partial charge in [0.05, 0.1) is 33.8 Å². The third-order valence-electron chi connectivity index (χ3n) is 9.25. The number of likely N-dealkylation sites (N-methyl/N-ethyl adjacent to an activating group) is 1. The molecule has 6 rings (SSSR count). The van der Waals surface area contributed by atoms with Crippen LogP contribution in [-0.2, 0) is 11.0 Å². The molecule has 244 valence electrons. The summed E-state index contributed by atoms with van der Waals surface area (Å²) in [5, 5.41) is 7.40. The Labute approximate surface area is 279 Å². The highest BCUT2D eigenvalue weighted by Crippen LogP contribution is 2.42. The molecule has 4 aromatic rings. The van der Waals surface area contributed by atoms with Crippen molar-refractivity contribution in [1.82, 2.24) is 29.7 Å². The lowest BCUT2D eigenvalue weighted by atomic mass is 9.83. The second-order valence-corrected chi connectivity index (χ2v) is 16.6. The van der Waals surface area contributed by atoms with Crippen LogP contribution in [0.15, 0.2) is 47.3 Å². The normalized spacial score (nSPS) is 19.1. The second-order valence-electron chi connectivity index (χ2n) is 12.6. The van der Waals surface area contributed by atoms with Gasteiger partial charge in [0.25, 0.3) is 0 Å². The number of aryl methyl sites for hydroxylation is 1. The molecule has 0 amide bonds. The van der Waals surface area contributed by atoms with E-state index in [1.54, 1.807) is 39.0 Å². The van der Waals surface area contributed by atoms with Crippen LogP contribution >= 0.6 is 23.1 Å². The summed E-state index contributed by atoms with van der Waals surface area (Å²) in [7, 11) is 3.37. The van der Waals surface area contributed by atoms with Gasteiger partial charge in [-0.15, -0.1) is 0 Å². The molecular weight excluding hydrogens is 665 g/mol. The minimum Gasteiger partial charge on any atom is -0.494 e. The maximum atomic E-state index is 13.4. The second kappa shape index (κ2) is 13.4. The zero-order valence-corrected chi connectivity index (χ0v) is 29.9. The van der Waals surface area contributed by atoms with Gasteiger partial charge in [0.2, 0.25) is 5.95 Å². The van der Waals surface area contributed by atoms with Gasteiger partial charge in [0.15, 0.2) is 0 Å². The number of aromatic nitrogens is 4. The lowest BCUT2D eigenvalue weighted by molar-refractivity contribution is 0.0608. The Morgan fingerprint density at radius 1 is 1.04 bits per heavy atom. The van der Waals surface area contributed by atoms with Crippen molar-refractivity contribution in [3.8, 4) is 5.75 Å². The van der Waals surface area contributed by atoms with E-state index in [0.29, 0.717) is 50.3 Å². The molecule has 13 heteroatoms. The summed E-state index contributed by atoms with van der Waals surface area (Å²) in [6.07, 6.45) is 8.19. The number of methoxy groups -OCH3 is 1. The van der Waals surface area contributed by atoms with Gasteiger partial charge in [-0.1, -0.05) is 6.92 Å². The SMILES string of the molecule is CCc1cc(Nc2ncc(Br)c(Nc3ccc4nccnc4c3P(C)(C)=O)n2)c(OC)cc1N(C)[C@H]1C[C@@H](N2CCN(C)CC2)C1. The van der Waals surface area contributed by atoms with Crippen LogP contribution in [0.4, 0.5) is 28.8 Å². The predicted molar refractivity (Wildman–Crippen MR) is 192 cm³/mol. The predicted octanol–water partition coefficient (Wildman–Crippen LogP) is 5.70. The summed E-state index contributed by atoms with van der Waals surface area (Å²) in [6, 6.07) is 9.19. The molecule has 0 atom stereocenters. The third kappa shape index (κ3) is 6.72. The van der Waals surface area contributed by atoms with Crippen LogP contribution in [0, 0.1) is 0 Å². The average molecular weight is 709 g/mol. The molecule has 1 aliphatic carbocycles. The van der Waals surface area contributed by atoms with Crippen molar-refractivity contribution in [2.75, 3.05) is 76.2 Å². The van der Waals surface area contributed by atoms with Crippen molar-refractivity contribution in [3.05, 3.63) is 52.9 Å². The van der Waals surface area contributed by atoms with E-state index >= 15 is 0 Å². The summed E-state index contributed by atoms with van der Waals surface area (Å²) >= 11 is 3.58. The van der Waals surface area contributed by atoms with Crippen LogP contribution in [0.25, 0.3) is 11.0 Å². The van der Waals surface area contributed by atoms with Crippen molar-refractivity contribution >= 4 is 68.2 Å². The first kappa shape index (κ1) is 32.6. The zero-order valence-electron chi connectivity index (χ0n) is 27.4. The quantitative estimate of drug-likeness (QED) is 0.198. The van der Waals surface area contributed by atoms with Crippen LogP contribution in [0.5, 0.6) is 5.75 Å². The Bertz CT molecular complexity index is 1770. The molecule has 0 radical (unpaired) electrons. The topological polar surface area (TPSA) is 112 Å². The van der Waals surface area contributed by atoms with Crippen LogP contribution in [0.1, 0.15) is 25.3 Å². The van der Waals surface area contributed by atoms with E-state index < -0.39 is 7.14 Å². The number of rotatable bonds is 10. The van der Waals surface area contributed by atoms with Crippen molar-refractivity contribution in [3.63, 3.8) is 0 Å². The zero-order chi connectivity index (χ0) is 32.6. The first-order valence-corrected chi connectivity index (χ1v) is 19.2. The number of hydrogen-bond acceptors (Lipinski definition) is 11. The number of hydrogen-bond donors (Lipinski definition) is 2. The molecule has 3 heterocycles. The van der Waals surface area contributed by atoms with E-state index in [0.717, 1.165) is 44.0 Å². The van der Waals surface area contributed by atoms with E-state index in [2.05, 4.69) is 89.4 Å². The largest absolute Gasteiger partial charge is 0.494 e. The summed E-state index contributed by atoms with van der Waals surface area (Å²) in [4.78, 5) is 25.7. The maximum Gasteiger partial charge on any atom is 0.229 e. The van der Waals surface area contributed by atoms with Gasteiger partial charge in [0.1, 0.15) is 24.2 Å². The number of piperazine rings is 1. The molecule has 46 heavy (non-hydrogen) atoms. The van der Waals surface area contributed by atoms with Gasteiger partial charge >= 0.3 is 0 Å². The lowest BCUT2D eigenvalue weighted by Crippen LogP contribution is -2.57. The first-order chi connectivity index (χ1) is 22.0. The molecule has 2 aromatic carbocycles. The molecule has 2 N–H and O–H groups in total. The number of ether oxygens (including phenoxy) is 1. The van der Waals surface area contributed by atoms with Gasteiger partial charge in [-0.25, -0.2) is 4.98 Å². The molecule has 2 aliphatic rings. The van der Waals surface area contributed by atoms with Crippen molar-refractivity contribution < 1.29 is 9.30 Å². The molecule has 1 aliphatic heterocycles. The fraction of sp³-hybridized carbons (Fsp3) is 0.455. The van der Waals surface area contributed by atoms with Gasteiger partial charge in [0, 0.05) is 75.7 Å². The molecule has 2 aromatic heterocycles. The number of halogens is 1. The van der Waals surface area contributed by atoms with Gasteiger partial charge in [-0.3, -0.25) is 14.9 Å². The van der Waals surface area contributed by atoms with E-state index in [1.165, 1.54) is 24.1 Å². The Kier molecular flexibility index (Phi) is 9.53. The third-order valence-corrected chi connectivity index (χ3v) is 11.4. The van der Waals surface area contributed by atoms with Crippen LogP contribution in [0.2, 0.25) is 0 Å². The average Bonchev–Trinajstić information content (AvgIpc) is 3.01. The Hall–Kier alpha value is -3.31. The minimum absolute atomic E-state index is 0.402. The highest BCUT2D eigenvalue weighted by molar-refractivity contribution is 9.10. The summed E-state index contributed by atoms with van der Waals surface area (Å²) in [5.74, 6) is 1.66. The molecule has 11 nitrogen and oxygen atoms in total. The molecule has 0 unspecified atom stereocenters. The summed E-state index contributed by atoms with van der Waals surface area (Å²) < 4.78 is 20.0. The smallest absolute Gasteiger partial charge is 0.229 e. The number of nitrogens with zero attached hydrogens (tertiary/aromatic N) is 7. The molecule has 0 bridgehead atoms. The Balaban J connectivity index is 1.22. The highest BCUT2D eigenvalue weighted by Gasteiger charge is 2.37. The Morgan fingerprint density at radius 2 is 1.78 bits per heavy atom. The standard InChI is InChI=1S/C33H43BrN9O2P/c1-7-21-16-27(29(45-4)19-28(21)42(3)22-17-23(18-22)43-14-12-41(2)13-15-43)39-33-37-20-24(34)32(40-33)38-26-9-8-25-30(36-11-10-35-25)31(26)46(5,6)44/h8-11,16,19-20,22-23H,7,12-15,17-18H2,1-6H3,(H2,37,38,39,40)/t22-,23+. The number of anilines is 5. The molecule has 1 saturated carbocycles. The van der Waals surface area contributed by atoms with E-state index in [4.69, 9.17) is 9.72 Å². The molecule has 2 fully saturated rings. The molecule has 0 spiro atoms. The molecule has 1 saturated heterocycles. The molecular formula is C33H43BrN9O2P. The highest BCUT2D eigenvalue weighted by atomic mass is 79.9. The lowest BCUT2D eigenvalue weighted by Gasteiger charge is -2.49. The van der Waals surface area contributed by atoms with E-state index in [-0.39, 0.29) is 0 Å². The van der Waals surface area contributed by atoms with Crippen molar-refractivity contribution in [2.45, 2.75) is 38.3 Å². The maximum absolute atomic E-state index is 13.4. The summed E-state index contributed by atoms with van der Waals surface area (Å²) in [5.41, 5.74) is 5.19. The van der Waals surface area contributed by atoms with Gasteiger partial charge in [-0.05, 0) is 79.3 Å². The monoisotopic (exact) mass is 707 g/mol. The van der Waals surface area contributed by atoms with Crippen molar-refractivity contribution in [2.24, 2.45) is 0 Å². The van der Waals surface area contributed by atoms with Crippen LogP contribution in [-0.4, -0.2) is 103 Å². The fourth-order valence-electron chi connectivity index (χ4n) is 6.48. The van der Waals surface area contributed by atoms with Crippen LogP contribution in [0.3, 0.4) is 0 Å². The number of benzene rings is 2. The Morgan fingerprint density at radius 3 is 2.48 bits per heavy atom. The van der Waals surface area contributed by atoms with E-state index in [1.807, 2.05) is 12.1 Å². The fourth-order valence-corrected chi connectivity index (χ4v) is 8.16. The van der Waals surface area contributed by atoms with Gasteiger partial charge < -0.3 is 29.7 Å². The summed E-state index contributed by atoms with van der Waals surface area (Å²) in [6.45, 7) is 10.3. The first-order valence-electron chi connectivity index (χ1n) is 15.8. The van der Waals surface area contributed by atoms with E-state index in [9.17, 15) is 4.57 Å². The van der Waals surface area contributed by atoms with Gasteiger partial charge in [-0.2, -0.15) is 4.98 Å². The number of fused-ring (bicyclic) bond motifs is 1.